The minimum absolute atomic E-state index is 0.0335. The molecule has 1 heterocycles. The third kappa shape index (κ3) is 3.77. The Kier molecular flexibility index (Phi) is 4.91. The number of hydrogen-bond donors (Lipinski definition) is 2. The van der Waals surface area contributed by atoms with E-state index in [0.29, 0.717) is 17.4 Å². The number of nitrogens with one attached hydrogen (secondary N) is 1. The SMILES string of the molecule is Cc1ccc(C(=O)NCC2CCCCC2CN)cn1. The van der Waals surface area contributed by atoms with E-state index in [1.54, 1.807) is 6.20 Å². The third-order valence-electron chi connectivity index (χ3n) is 4.07. The molecular formula is C15H23N3O. The highest BCUT2D eigenvalue weighted by Crippen LogP contribution is 2.28. The molecular weight excluding hydrogens is 238 g/mol. The van der Waals surface area contributed by atoms with E-state index in [1.807, 2.05) is 19.1 Å². The number of amides is 1. The molecule has 1 fully saturated rings. The Hall–Kier alpha value is -1.42. The van der Waals surface area contributed by atoms with Crippen LogP contribution in [0.4, 0.5) is 0 Å². The molecule has 0 radical (unpaired) electrons. The molecule has 1 saturated carbocycles. The average Bonchev–Trinajstić information content (AvgIpc) is 2.45. The monoisotopic (exact) mass is 261 g/mol. The Balaban J connectivity index is 1.87. The number of aryl methyl sites for hydroxylation is 1. The molecule has 1 aliphatic rings. The van der Waals surface area contributed by atoms with Crippen LogP contribution in [0, 0.1) is 18.8 Å². The van der Waals surface area contributed by atoms with Gasteiger partial charge in [0.15, 0.2) is 0 Å². The van der Waals surface area contributed by atoms with Gasteiger partial charge in [-0.3, -0.25) is 9.78 Å². The molecule has 1 aromatic rings. The first-order valence-corrected chi connectivity index (χ1v) is 7.11. The minimum Gasteiger partial charge on any atom is -0.352 e. The summed E-state index contributed by atoms with van der Waals surface area (Å²) in [4.78, 5) is 16.2. The van der Waals surface area contributed by atoms with Crippen molar-refractivity contribution in [3.8, 4) is 0 Å². The number of nitrogens with two attached hydrogens (primary N) is 1. The fourth-order valence-electron chi connectivity index (χ4n) is 2.79. The molecule has 0 saturated heterocycles. The second-order valence-electron chi connectivity index (χ2n) is 5.44. The molecule has 1 aliphatic carbocycles. The number of carbonyl (C=O) groups excluding carboxylic acids is 1. The van der Waals surface area contributed by atoms with Gasteiger partial charge in [0, 0.05) is 18.4 Å². The lowest BCUT2D eigenvalue weighted by Crippen LogP contribution is -2.36. The normalized spacial score (nSPS) is 23.1. The molecule has 0 aromatic carbocycles. The van der Waals surface area contributed by atoms with Crippen LogP contribution in [-0.2, 0) is 0 Å². The van der Waals surface area contributed by atoms with Crippen molar-refractivity contribution in [1.82, 2.24) is 10.3 Å². The molecule has 2 unspecified atom stereocenters. The zero-order valence-corrected chi connectivity index (χ0v) is 11.6. The number of carbonyl (C=O) groups is 1. The van der Waals surface area contributed by atoms with Crippen LogP contribution < -0.4 is 11.1 Å². The highest BCUT2D eigenvalue weighted by atomic mass is 16.1. The van der Waals surface area contributed by atoms with E-state index >= 15 is 0 Å². The second kappa shape index (κ2) is 6.66. The van der Waals surface area contributed by atoms with E-state index in [1.165, 1.54) is 25.7 Å². The van der Waals surface area contributed by atoms with Gasteiger partial charge in [-0.2, -0.15) is 0 Å². The van der Waals surface area contributed by atoms with Crippen molar-refractivity contribution >= 4 is 5.91 Å². The molecule has 4 nitrogen and oxygen atoms in total. The standard InChI is InChI=1S/C15H23N3O/c1-11-6-7-14(10-17-11)15(19)18-9-13-5-3-2-4-12(13)8-16/h6-7,10,12-13H,2-5,8-9,16H2,1H3,(H,18,19). The summed E-state index contributed by atoms with van der Waals surface area (Å²) in [6.45, 7) is 3.37. The number of rotatable bonds is 4. The lowest BCUT2D eigenvalue weighted by molar-refractivity contribution is 0.0934. The van der Waals surface area contributed by atoms with Gasteiger partial charge in [0.25, 0.3) is 5.91 Å². The zero-order chi connectivity index (χ0) is 13.7. The van der Waals surface area contributed by atoms with Crippen molar-refractivity contribution in [3.05, 3.63) is 29.6 Å². The molecule has 4 heteroatoms. The molecule has 104 valence electrons. The smallest absolute Gasteiger partial charge is 0.252 e. The Labute approximate surface area is 114 Å². The summed E-state index contributed by atoms with van der Waals surface area (Å²) in [5.74, 6) is 1.06. The summed E-state index contributed by atoms with van der Waals surface area (Å²) < 4.78 is 0. The predicted molar refractivity (Wildman–Crippen MR) is 75.8 cm³/mol. The van der Waals surface area contributed by atoms with Gasteiger partial charge in [0.1, 0.15) is 0 Å². The zero-order valence-electron chi connectivity index (χ0n) is 11.6. The van der Waals surface area contributed by atoms with Crippen LogP contribution >= 0.6 is 0 Å². The fourth-order valence-corrected chi connectivity index (χ4v) is 2.79. The van der Waals surface area contributed by atoms with Gasteiger partial charge in [-0.15, -0.1) is 0 Å². The van der Waals surface area contributed by atoms with E-state index in [2.05, 4.69) is 10.3 Å². The van der Waals surface area contributed by atoms with E-state index in [-0.39, 0.29) is 5.91 Å². The topological polar surface area (TPSA) is 68.0 Å². The van der Waals surface area contributed by atoms with E-state index in [0.717, 1.165) is 18.8 Å². The van der Waals surface area contributed by atoms with E-state index in [9.17, 15) is 4.79 Å². The van der Waals surface area contributed by atoms with Crippen molar-refractivity contribution in [2.45, 2.75) is 32.6 Å². The highest BCUT2D eigenvalue weighted by Gasteiger charge is 2.24. The van der Waals surface area contributed by atoms with Gasteiger partial charge < -0.3 is 11.1 Å². The molecule has 2 atom stereocenters. The van der Waals surface area contributed by atoms with Crippen LogP contribution in [0.3, 0.4) is 0 Å². The Morgan fingerprint density at radius 3 is 2.74 bits per heavy atom. The lowest BCUT2D eigenvalue weighted by Gasteiger charge is -2.30. The maximum atomic E-state index is 12.0. The number of nitrogens with zero attached hydrogens (tertiary/aromatic N) is 1. The number of pyridine rings is 1. The average molecular weight is 261 g/mol. The van der Waals surface area contributed by atoms with Gasteiger partial charge in [-0.05, 0) is 50.3 Å². The molecule has 2 rings (SSSR count). The summed E-state index contributed by atoms with van der Waals surface area (Å²) in [5, 5.41) is 3.02. The number of hydrogen-bond acceptors (Lipinski definition) is 3. The van der Waals surface area contributed by atoms with E-state index < -0.39 is 0 Å². The lowest BCUT2D eigenvalue weighted by atomic mass is 9.79. The summed E-state index contributed by atoms with van der Waals surface area (Å²) >= 11 is 0. The molecule has 3 N–H and O–H groups in total. The Morgan fingerprint density at radius 1 is 1.37 bits per heavy atom. The van der Waals surface area contributed by atoms with Gasteiger partial charge in [0.05, 0.1) is 5.56 Å². The first-order valence-electron chi connectivity index (χ1n) is 7.11. The summed E-state index contributed by atoms with van der Waals surface area (Å²) in [6.07, 6.45) is 6.53. The van der Waals surface area contributed by atoms with Crippen LogP contribution in [0.5, 0.6) is 0 Å². The highest BCUT2D eigenvalue weighted by molar-refractivity contribution is 5.93. The van der Waals surface area contributed by atoms with Crippen LogP contribution in [-0.4, -0.2) is 24.0 Å². The maximum Gasteiger partial charge on any atom is 0.252 e. The fraction of sp³-hybridized carbons (Fsp3) is 0.600. The molecule has 1 aromatic heterocycles. The van der Waals surface area contributed by atoms with Crippen molar-refractivity contribution in [1.29, 1.82) is 0 Å². The maximum absolute atomic E-state index is 12.0. The molecule has 1 amide bonds. The molecule has 0 spiro atoms. The van der Waals surface area contributed by atoms with Gasteiger partial charge >= 0.3 is 0 Å². The van der Waals surface area contributed by atoms with Crippen LogP contribution in [0.2, 0.25) is 0 Å². The van der Waals surface area contributed by atoms with Crippen LogP contribution in [0.1, 0.15) is 41.7 Å². The quantitative estimate of drug-likeness (QED) is 0.869. The van der Waals surface area contributed by atoms with Crippen LogP contribution in [0.15, 0.2) is 18.3 Å². The Bertz CT molecular complexity index is 416. The molecule has 0 bridgehead atoms. The minimum atomic E-state index is -0.0335. The largest absolute Gasteiger partial charge is 0.352 e. The summed E-state index contributed by atoms with van der Waals surface area (Å²) in [5.41, 5.74) is 7.36. The number of aromatic nitrogens is 1. The van der Waals surface area contributed by atoms with Crippen molar-refractivity contribution < 1.29 is 4.79 Å². The van der Waals surface area contributed by atoms with Crippen molar-refractivity contribution in [2.75, 3.05) is 13.1 Å². The first kappa shape index (κ1) is 14.0. The molecule has 19 heavy (non-hydrogen) atoms. The third-order valence-corrected chi connectivity index (χ3v) is 4.07. The Morgan fingerprint density at radius 2 is 2.11 bits per heavy atom. The first-order chi connectivity index (χ1) is 9.20. The molecule has 0 aliphatic heterocycles. The summed E-state index contributed by atoms with van der Waals surface area (Å²) in [6, 6.07) is 3.68. The predicted octanol–water partition coefficient (Wildman–Crippen LogP) is 1.88. The van der Waals surface area contributed by atoms with E-state index in [4.69, 9.17) is 5.73 Å². The van der Waals surface area contributed by atoms with Gasteiger partial charge in [0.2, 0.25) is 0 Å². The van der Waals surface area contributed by atoms with Crippen molar-refractivity contribution in [2.24, 2.45) is 17.6 Å². The summed E-state index contributed by atoms with van der Waals surface area (Å²) in [7, 11) is 0. The van der Waals surface area contributed by atoms with Crippen molar-refractivity contribution in [3.63, 3.8) is 0 Å². The van der Waals surface area contributed by atoms with Gasteiger partial charge in [-0.1, -0.05) is 12.8 Å². The van der Waals surface area contributed by atoms with Gasteiger partial charge in [-0.25, -0.2) is 0 Å². The van der Waals surface area contributed by atoms with Crippen LogP contribution in [0.25, 0.3) is 0 Å². The second-order valence-corrected chi connectivity index (χ2v) is 5.44.